The minimum atomic E-state index is -0.247. The first-order valence-corrected chi connectivity index (χ1v) is 8.20. The number of nitrogens with zero attached hydrogens (tertiary/aromatic N) is 1. The molecule has 0 aliphatic rings. The quantitative estimate of drug-likeness (QED) is 0.777. The monoisotopic (exact) mass is 336 g/mol. The average molecular weight is 336 g/mol. The number of nitrogens with one attached hydrogen (secondary N) is 1. The smallest absolute Gasteiger partial charge is 0.262 e. The molecule has 0 bridgehead atoms. The van der Waals surface area contributed by atoms with Crippen molar-refractivity contribution in [1.82, 2.24) is 4.57 Å². The van der Waals surface area contributed by atoms with E-state index in [1.807, 2.05) is 44.2 Å². The summed E-state index contributed by atoms with van der Waals surface area (Å²) < 4.78 is 7.28. The highest BCUT2D eigenvalue weighted by Crippen LogP contribution is 2.23. The third-order valence-corrected chi connectivity index (χ3v) is 4.01. The number of ether oxygens (including phenoxy) is 1. The first-order valence-electron chi connectivity index (χ1n) is 8.20. The molecule has 0 fully saturated rings. The summed E-state index contributed by atoms with van der Waals surface area (Å²) in [6.45, 7) is 4.40. The van der Waals surface area contributed by atoms with E-state index < -0.39 is 0 Å². The lowest BCUT2D eigenvalue weighted by Gasteiger charge is -2.11. The highest BCUT2D eigenvalue weighted by atomic mass is 16.5. The summed E-state index contributed by atoms with van der Waals surface area (Å²) in [6, 6.07) is 14.7. The Kier molecular flexibility index (Phi) is 4.84. The number of rotatable bonds is 5. The highest BCUT2D eigenvalue weighted by Gasteiger charge is 2.09. The van der Waals surface area contributed by atoms with Gasteiger partial charge in [0.1, 0.15) is 5.75 Å². The van der Waals surface area contributed by atoms with Crippen molar-refractivity contribution >= 4 is 22.4 Å². The van der Waals surface area contributed by atoms with E-state index >= 15 is 0 Å². The average Bonchev–Trinajstić information content (AvgIpc) is 2.62. The molecule has 1 amide bonds. The maximum Gasteiger partial charge on any atom is 0.262 e. The molecule has 0 unspecified atom stereocenters. The fourth-order valence-corrected chi connectivity index (χ4v) is 2.64. The Morgan fingerprint density at radius 1 is 1.08 bits per heavy atom. The van der Waals surface area contributed by atoms with Gasteiger partial charge in [-0.2, -0.15) is 0 Å². The Bertz CT molecular complexity index is 959. The lowest BCUT2D eigenvalue weighted by molar-refractivity contribution is -0.118. The zero-order valence-corrected chi connectivity index (χ0v) is 14.3. The zero-order chi connectivity index (χ0) is 17.8. The number of carbonyl (C=O) groups is 1. The number of aryl methyl sites for hydroxylation is 2. The van der Waals surface area contributed by atoms with Crippen LogP contribution in [-0.2, 0) is 11.3 Å². The molecule has 0 aliphatic heterocycles. The van der Waals surface area contributed by atoms with Gasteiger partial charge < -0.3 is 14.6 Å². The van der Waals surface area contributed by atoms with Gasteiger partial charge in [0, 0.05) is 23.8 Å². The number of aromatic nitrogens is 1. The summed E-state index contributed by atoms with van der Waals surface area (Å²) in [4.78, 5) is 24.4. The van der Waals surface area contributed by atoms with Crippen molar-refractivity contribution in [2.45, 2.75) is 20.4 Å². The SMILES string of the molecule is CCn1ccc2c(OCC(=O)Nc3ccc(C)cc3)cccc2c1=O. The van der Waals surface area contributed by atoms with E-state index in [1.165, 1.54) is 0 Å². The summed E-state index contributed by atoms with van der Waals surface area (Å²) in [5.74, 6) is 0.277. The molecule has 25 heavy (non-hydrogen) atoms. The van der Waals surface area contributed by atoms with Crippen molar-refractivity contribution in [3.63, 3.8) is 0 Å². The second-order valence-corrected chi connectivity index (χ2v) is 5.83. The molecular weight excluding hydrogens is 316 g/mol. The number of amides is 1. The first kappa shape index (κ1) is 16.8. The topological polar surface area (TPSA) is 60.3 Å². The fourth-order valence-electron chi connectivity index (χ4n) is 2.64. The molecule has 0 aliphatic carbocycles. The van der Waals surface area contributed by atoms with Gasteiger partial charge in [-0.3, -0.25) is 9.59 Å². The lowest BCUT2D eigenvalue weighted by Crippen LogP contribution is -2.21. The van der Waals surface area contributed by atoms with Gasteiger partial charge >= 0.3 is 0 Å². The van der Waals surface area contributed by atoms with Gasteiger partial charge in [0.2, 0.25) is 0 Å². The molecule has 0 saturated heterocycles. The predicted molar refractivity (Wildman–Crippen MR) is 99.2 cm³/mol. The highest BCUT2D eigenvalue weighted by molar-refractivity contribution is 5.92. The molecule has 1 N–H and O–H groups in total. The first-order chi connectivity index (χ1) is 12.1. The second-order valence-electron chi connectivity index (χ2n) is 5.83. The maximum atomic E-state index is 12.3. The van der Waals surface area contributed by atoms with E-state index in [0.717, 1.165) is 11.3 Å². The molecule has 0 radical (unpaired) electrons. The van der Waals surface area contributed by atoms with Crippen molar-refractivity contribution in [2.75, 3.05) is 11.9 Å². The second kappa shape index (κ2) is 7.21. The van der Waals surface area contributed by atoms with Crippen LogP contribution in [0.5, 0.6) is 5.75 Å². The van der Waals surface area contributed by atoms with Gasteiger partial charge in [-0.05, 0) is 44.2 Å². The summed E-state index contributed by atoms with van der Waals surface area (Å²) in [5, 5.41) is 4.08. The van der Waals surface area contributed by atoms with Crippen LogP contribution in [0, 0.1) is 6.92 Å². The number of fused-ring (bicyclic) bond motifs is 1. The summed E-state index contributed by atoms with van der Waals surface area (Å²) >= 11 is 0. The molecule has 0 spiro atoms. The van der Waals surface area contributed by atoms with Crippen LogP contribution in [0.15, 0.2) is 59.5 Å². The van der Waals surface area contributed by atoms with Crippen LogP contribution in [0.4, 0.5) is 5.69 Å². The Hall–Kier alpha value is -3.08. The third-order valence-electron chi connectivity index (χ3n) is 4.01. The van der Waals surface area contributed by atoms with Gasteiger partial charge in [0.15, 0.2) is 6.61 Å². The molecule has 1 heterocycles. The van der Waals surface area contributed by atoms with Crippen LogP contribution < -0.4 is 15.6 Å². The predicted octanol–water partition coefficient (Wildman–Crippen LogP) is 3.35. The number of benzene rings is 2. The van der Waals surface area contributed by atoms with Crippen molar-refractivity contribution in [1.29, 1.82) is 0 Å². The Balaban J connectivity index is 1.75. The van der Waals surface area contributed by atoms with Crippen LogP contribution in [0.25, 0.3) is 10.8 Å². The van der Waals surface area contributed by atoms with Gasteiger partial charge in [-0.1, -0.05) is 23.8 Å². The number of pyridine rings is 1. The molecule has 128 valence electrons. The van der Waals surface area contributed by atoms with Crippen LogP contribution in [-0.4, -0.2) is 17.1 Å². The molecule has 0 atom stereocenters. The lowest BCUT2D eigenvalue weighted by atomic mass is 10.1. The Morgan fingerprint density at radius 2 is 1.84 bits per heavy atom. The Morgan fingerprint density at radius 3 is 2.56 bits per heavy atom. The maximum absolute atomic E-state index is 12.3. The summed E-state index contributed by atoms with van der Waals surface area (Å²) in [7, 11) is 0. The van der Waals surface area contributed by atoms with Gasteiger partial charge in [0.25, 0.3) is 11.5 Å². The van der Waals surface area contributed by atoms with E-state index in [-0.39, 0.29) is 18.1 Å². The molecule has 0 saturated carbocycles. The van der Waals surface area contributed by atoms with Crippen molar-refractivity contribution in [3.05, 3.63) is 70.6 Å². The van der Waals surface area contributed by atoms with Crippen LogP contribution in [0.3, 0.4) is 0 Å². The molecule has 2 aromatic carbocycles. The number of carbonyl (C=O) groups excluding carboxylic acids is 1. The van der Waals surface area contributed by atoms with Gasteiger partial charge in [0.05, 0.1) is 5.39 Å². The molecule has 3 aromatic rings. The standard InChI is InChI=1S/C20H20N2O3/c1-3-22-12-11-16-17(20(22)24)5-4-6-18(16)25-13-19(23)21-15-9-7-14(2)8-10-15/h4-12H,3,13H2,1-2H3,(H,21,23). The molecule has 3 rings (SSSR count). The van der Waals surface area contributed by atoms with Crippen LogP contribution >= 0.6 is 0 Å². The zero-order valence-electron chi connectivity index (χ0n) is 14.3. The fraction of sp³-hybridized carbons (Fsp3) is 0.200. The summed E-state index contributed by atoms with van der Waals surface area (Å²) in [6.07, 6.45) is 1.74. The minimum Gasteiger partial charge on any atom is -0.483 e. The molecule has 1 aromatic heterocycles. The van der Waals surface area contributed by atoms with E-state index in [2.05, 4.69) is 5.32 Å². The van der Waals surface area contributed by atoms with E-state index in [4.69, 9.17) is 4.74 Å². The summed E-state index contributed by atoms with van der Waals surface area (Å²) in [5.41, 5.74) is 1.79. The van der Waals surface area contributed by atoms with E-state index in [1.54, 1.807) is 29.0 Å². The van der Waals surface area contributed by atoms with Crippen molar-refractivity contribution < 1.29 is 9.53 Å². The van der Waals surface area contributed by atoms with Crippen molar-refractivity contribution in [3.8, 4) is 5.75 Å². The van der Waals surface area contributed by atoms with Gasteiger partial charge in [-0.15, -0.1) is 0 Å². The molecular formula is C20H20N2O3. The number of anilines is 1. The van der Waals surface area contributed by atoms with Gasteiger partial charge in [-0.25, -0.2) is 0 Å². The normalized spacial score (nSPS) is 10.6. The largest absolute Gasteiger partial charge is 0.483 e. The third kappa shape index (κ3) is 3.71. The molecule has 5 heteroatoms. The number of hydrogen-bond acceptors (Lipinski definition) is 3. The van der Waals surface area contributed by atoms with Crippen molar-refractivity contribution in [2.24, 2.45) is 0 Å². The van der Waals surface area contributed by atoms with Crippen LogP contribution in [0.2, 0.25) is 0 Å². The van der Waals surface area contributed by atoms with E-state index in [0.29, 0.717) is 23.1 Å². The minimum absolute atomic E-state index is 0.0606. The van der Waals surface area contributed by atoms with E-state index in [9.17, 15) is 9.59 Å². The Labute approximate surface area is 145 Å². The number of hydrogen-bond donors (Lipinski definition) is 1. The van der Waals surface area contributed by atoms with Crippen LogP contribution in [0.1, 0.15) is 12.5 Å². The molecule has 5 nitrogen and oxygen atoms in total.